The van der Waals surface area contributed by atoms with Crippen LogP contribution in [0.3, 0.4) is 0 Å². The molecule has 1 amide bonds. The summed E-state index contributed by atoms with van der Waals surface area (Å²) in [7, 11) is 0. The molecule has 0 saturated carbocycles. The number of halogens is 1. The molecule has 0 aliphatic rings. The van der Waals surface area contributed by atoms with Gasteiger partial charge in [-0.1, -0.05) is 18.2 Å². The van der Waals surface area contributed by atoms with Crippen molar-refractivity contribution >= 4 is 11.6 Å². The Balaban J connectivity index is 1.76. The van der Waals surface area contributed by atoms with Gasteiger partial charge in [0.15, 0.2) is 5.69 Å². The molecule has 2 N–H and O–H groups in total. The molecule has 0 aliphatic carbocycles. The van der Waals surface area contributed by atoms with Gasteiger partial charge in [-0.3, -0.25) is 9.78 Å². The highest BCUT2D eigenvalue weighted by atomic mass is 19.1. The fourth-order valence-electron chi connectivity index (χ4n) is 2.78. The maximum absolute atomic E-state index is 13.3. The van der Waals surface area contributed by atoms with E-state index in [-0.39, 0.29) is 17.4 Å². The van der Waals surface area contributed by atoms with Crippen LogP contribution < -0.4 is 5.32 Å². The summed E-state index contributed by atoms with van der Waals surface area (Å²) in [6, 6.07) is 15.6. The Labute approximate surface area is 154 Å². The van der Waals surface area contributed by atoms with E-state index in [1.54, 1.807) is 30.6 Å². The van der Waals surface area contributed by atoms with Crippen molar-refractivity contribution in [3.8, 4) is 22.3 Å². The maximum Gasteiger partial charge on any atom is 0.277 e. The van der Waals surface area contributed by atoms with Gasteiger partial charge in [0, 0.05) is 18.1 Å². The molecular weight excluding hydrogens is 345 g/mol. The third kappa shape index (κ3) is 3.57. The van der Waals surface area contributed by atoms with E-state index in [4.69, 9.17) is 0 Å². The lowest BCUT2D eigenvalue weighted by Gasteiger charge is -2.13. The number of aromatic amines is 1. The number of benzene rings is 2. The normalized spacial score (nSPS) is 10.6. The fourth-order valence-corrected chi connectivity index (χ4v) is 2.78. The number of carbonyl (C=O) groups is 1. The van der Waals surface area contributed by atoms with E-state index in [1.807, 2.05) is 24.3 Å². The lowest BCUT2D eigenvalue weighted by atomic mass is 9.94. The first-order valence-electron chi connectivity index (χ1n) is 8.18. The summed E-state index contributed by atoms with van der Waals surface area (Å²) < 4.78 is 13.3. The molecule has 0 radical (unpaired) electrons. The SMILES string of the molecule is O=C(Nc1ccc(-c2ccc(F)cc2)c(-c2ccncc2)c1)c1cn[nH]n1. The summed E-state index contributed by atoms with van der Waals surface area (Å²) >= 11 is 0. The second-order valence-corrected chi connectivity index (χ2v) is 5.81. The predicted octanol–water partition coefficient (Wildman–Crippen LogP) is 3.93. The van der Waals surface area contributed by atoms with Crippen molar-refractivity contribution in [2.45, 2.75) is 0 Å². The number of amides is 1. The molecule has 7 heteroatoms. The molecule has 4 aromatic rings. The average molecular weight is 359 g/mol. The second kappa shape index (κ2) is 7.17. The zero-order chi connectivity index (χ0) is 18.6. The number of hydrogen-bond acceptors (Lipinski definition) is 4. The Morgan fingerprint density at radius 3 is 2.37 bits per heavy atom. The monoisotopic (exact) mass is 359 g/mol. The van der Waals surface area contributed by atoms with Crippen LogP contribution in [-0.2, 0) is 0 Å². The van der Waals surface area contributed by atoms with Crippen LogP contribution in [0, 0.1) is 5.82 Å². The Bertz CT molecular complexity index is 1060. The molecule has 2 heterocycles. The molecule has 4 rings (SSSR count). The summed E-state index contributed by atoms with van der Waals surface area (Å²) in [5.74, 6) is -0.653. The van der Waals surface area contributed by atoms with Crippen LogP contribution in [0.2, 0.25) is 0 Å². The molecule has 0 bridgehead atoms. The number of hydrogen-bond donors (Lipinski definition) is 2. The van der Waals surface area contributed by atoms with Crippen molar-refractivity contribution in [2.24, 2.45) is 0 Å². The zero-order valence-electron chi connectivity index (χ0n) is 14.1. The van der Waals surface area contributed by atoms with Gasteiger partial charge in [-0.15, -0.1) is 0 Å². The van der Waals surface area contributed by atoms with E-state index >= 15 is 0 Å². The highest BCUT2D eigenvalue weighted by molar-refractivity contribution is 6.03. The van der Waals surface area contributed by atoms with Crippen LogP contribution in [0.1, 0.15) is 10.5 Å². The van der Waals surface area contributed by atoms with E-state index in [9.17, 15) is 9.18 Å². The van der Waals surface area contributed by atoms with Gasteiger partial charge in [0.1, 0.15) is 5.82 Å². The first-order chi connectivity index (χ1) is 13.2. The molecule has 0 spiro atoms. The van der Waals surface area contributed by atoms with Gasteiger partial charge in [-0.05, 0) is 58.7 Å². The average Bonchev–Trinajstić information content (AvgIpc) is 3.24. The third-order valence-electron chi connectivity index (χ3n) is 4.07. The topological polar surface area (TPSA) is 83.6 Å². The van der Waals surface area contributed by atoms with Gasteiger partial charge in [0.25, 0.3) is 5.91 Å². The highest BCUT2D eigenvalue weighted by Gasteiger charge is 2.13. The summed E-state index contributed by atoms with van der Waals surface area (Å²) in [6.45, 7) is 0. The van der Waals surface area contributed by atoms with E-state index in [1.165, 1.54) is 18.3 Å². The number of aromatic nitrogens is 4. The van der Waals surface area contributed by atoms with Crippen LogP contribution in [0.25, 0.3) is 22.3 Å². The molecule has 2 aromatic carbocycles. The molecule has 6 nitrogen and oxygen atoms in total. The number of pyridine rings is 1. The van der Waals surface area contributed by atoms with Crippen molar-refractivity contribution in [3.63, 3.8) is 0 Å². The van der Waals surface area contributed by atoms with Crippen molar-refractivity contribution in [3.05, 3.63) is 84.7 Å². The molecule has 0 atom stereocenters. The number of nitrogens with zero attached hydrogens (tertiary/aromatic N) is 3. The van der Waals surface area contributed by atoms with E-state index in [0.29, 0.717) is 5.69 Å². The summed E-state index contributed by atoms with van der Waals surface area (Å²) in [6.07, 6.45) is 4.75. The quantitative estimate of drug-likeness (QED) is 0.578. The molecular formula is C20H14FN5O. The smallest absolute Gasteiger partial charge is 0.277 e. The van der Waals surface area contributed by atoms with Gasteiger partial charge in [-0.25, -0.2) is 4.39 Å². The molecule has 2 aromatic heterocycles. The lowest BCUT2D eigenvalue weighted by molar-refractivity contribution is 0.102. The summed E-state index contributed by atoms with van der Waals surface area (Å²) in [5.41, 5.74) is 4.42. The van der Waals surface area contributed by atoms with Crippen molar-refractivity contribution in [2.75, 3.05) is 5.32 Å². The van der Waals surface area contributed by atoms with Crippen LogP contribution in [0.15, 0.2) is 73.2 Å². The number of rotatable bonds is 4. The highest BCUT2D eigenvalue weighted by Crippen LogP contribution is 2.34. The van der Waals surface area contributed by atoms with Crippen molar-refractivity contribution in [1.29, 1.82) is 0 Å². The summed E-state index contributed by atoms with van der Waals surface area (Å²) in [4.78, 5) is 16.3. The van der Waals surface area contributed by atoms with E-state index < -0.39 is 0 Å². The maximum atomic E-state index is 13.3. The van der Waals surface area contributed by atoms with Gasteiger partial charge in [0.2, 0.25) is 0 Å². The lowest BCUT2D eigenvalue weighted by Crippen LogP contribution is -2.12. The largest absolute Gasteiger partial charge is 0.321 e. The zero-order valence-corrected chi connectivity index (χ0v) is 14.1. The molecule has 27 heavy (non-hydrogen) atoms. The summed E-state index contributed by atoms with van der Waals surface area (Å²) in [5, 5.41) is 12.6. The van der Waals surface area contributed by atoms with Crippen LogP contribution in [0.5, 0.6) is 0 Å². The van der Waals surface area contributed by atoms with Gasteiger partial charge >= 0.3 is 0 Å². The predicted molar refractivity (Wildman–Crippen MR) is 99.4 cm³/mol. The number of H-pyrrole nitrogens is 1. The fraction of sp³-hybridized carbons (Fsp3) is 0. The van der Waals surface area contributed by atoms with Crippen LogP contribution >= 0.6 is 0 Å². The molecule has 0 unspecified atom stereocenters. The Hall–Kier alpha value is -3.87. The van der Waals surface area contributed by atoms with Gasteiger partial charge in [-0.2, -0.15) is 15.4 Å². The minimum atomic E-state index is -0.362. The van der Waals surface area contributed by atoms with Crippen LogP contribution in [-0.4, -0.2) is 26.3 Å². The third-order valence-corrected chi connectivity index (χ3v) is 4.07. The second-order valence-electron chi connectivity index (χ2n) is 5.81. The first-order valence-corrected chi connectivity index (χ1v) is 8.18. The first kappa shape index (κ1) is 16.6. The molecule has 0 fully saturated rings. The van der Waals surface area contributed by atoms with E-state index in [0.717, 1.165) is 22.3 Å². The minimum absolute atomic E-state index is 0.197. The van der Waals surface area contributed by atoms with E-state index in [2.05, 4.69) is 25.7 Å². The number of anilines is 1. The Morgan fingerprint density at radius 2 is 1.67 bits per heavy atom. The Morgan fingerprint density at radius 1 is 0.926 bits per heavy atom. The minimum Gasteiger partial charge on any atom is -0.321 e. The molecule has 0 saturated heterocycles. The van der Waals surface area contributed by atoms with Gasteiger partial charge < -0.3 is 5.32 Å². The molecule has 132 valence electrons. The van der Waals surface area contributed by atoms with Crippen molar-refractivity contribution < 1.29 is 9.18 Å². The number of carbonyl (C=O) groups excluding carboxylic acids is 1. The van der Waals surface area contributed by atoms with Crippen molar-refractivity contribution in [1.82, 2.24) is 20.4 Å². The number of nitrogens with one attached hydrogen (secondary N) is 2. The van der Waals surface area contributed by atoms with Crippen LogP contribution in [0.4, 0.5) is 10.1 Å². The Kier molecular flexibility index (Phi) is 4.40. The van der Waals surface area contributed by atoms with Gasteiger partial charge in [0.05, 0.1) is 6.20 Å². The standard InChI is InChI=1S/C20H14FN5O/c21-15-3-1-13(2-4-15)17-6-5-16(24-20(27)19-12-23-26-25-19)11-18(17)14-7-9-22-10-8-14/h1-12H,(H,24,27)(H,23,25,26). The molecule has 0 aliphatic heterocycles.